The van der Waals surface area contributed by atoms with Crippen LogP contribution in [0.2, 0.25) is 0 Å². The van der Waals surface area contributed by atoms with Crippen molar-refractivity contribution in [3.05, 3.63) is 41.6 Å². The maximum atomic E-state index is 11.0. The van der Waals surface area contributed by atoms with Crippen molar-refractivity contribution in [2.75, 3.05) is 19.3 Å². The van der Waals surface area contributed by atoms with Gasteiger partial charge in [0.2, 0.25) is 15.9 Å². The highest BCUT2D eigenvalue weighted by Gasteiger charge is 2.15. The second-order valence-electron chi connectivity index (χ2n) is 5.25. The lowest BCUT2D eigenvalue weighted by Gasteiger charge is -2.10. The molecule has 1 heterocycles. The Morgan fingerprint density at radius 3 is 2.57 bits per heavy atom. The number of benzene rings is 1. The van der Waals surface area contributed by atoms with Crippen LogP contribution >= 0.6 is 0 Å². The first-order valence-corrected chi connectivity index (χ1v) is 9.16. The minimum absolute atomic E-state index is 0.340. The van der Waals surface area contributed by atoms with E-state index in [4.69, 9.17) is 4.74 Å². The third kappa shape index (κ3) is 5.34. The molecule has 1 aromatic carbocycles. The fourth-order valence-corrected chi connectivity index (χ4v) is 2.62. The number of nitrogens with zero attached hydrogens (tertiary/aromatic N) is 2. The molecule has 7 nitrogen and oxygen atoms in total. The standard InChI is InChI=1S/C15H22N4O3S/c1-12-14(11-16-9-10-17-23(3,20)21)15(19(2)18-12)22-13-7-5-4-6-8-13/h4-8,16-17H,9-11H2,1-3H3. The summed E-state index contributed by atoms with van der Waals surface area (Å²) >= 11 is 0. The Labute approximate surface area is 136 Å². The first-order valence-electron chi connectivity index (χ1n) is 7.27. The van der Waals surface area contributed by atoms with Crippen LogP contribution in [-0.4, -0.2) is 37.5 Å². The third-order valence-electron chi connectivity index (χ3n) is 3.21. The molecule has 2 rings (SSSR count). The van der Waals surface area contributed by atoms with Gasteiger partial charge in [0.1, 0.15) is 5.75 Å². The fraction of sp³-hybridized carbons (Fsp3) is 0.400. The molecule has 0 aliphatic rings. The summed E-state index contributed by atoms with van der Waals surface area (Å²) in [5, 5.41) is 7.58. The van der Waals surface area contributed by atoms with Gasteiger partial charge >= 0.3 is 0 Å². The van der Waals surface area contributed by atoms with Crippen LogP contribution in [0.1, 0.15) is 11.3 Å². The number of nitrogens with one attached hydrogen (secondary N) is 2. The molecule has 0 atom stereocenters. The number of sulfonamides is 1. The number of para-hydroxylation sites is 1. The van der Waals surface area contributed by atoms with E-state index >= 15 is 0 Å². The second-order valence-corrected chi connectivity index (χ2v) is 7.08. The van der Waals surface area contributed by atoms with Gasteiger partial charge in [-0.3, -0.25) is 0 Å². The molecule has 126 valence electrons. The van der Waals surface area contributed by atoms with Crippen molar-refractivity contribution in [2.45, 2.75) is 13.5 Å². The van der Waals surface area contributed by atoms with E-state index in [1.165, 1.54) is 0 Å². The fourth-order valence-electron chi connectivity index (χ4n) is 2.15. The monoisotopic (exact) mass is 338 g/mol. The average Bonchev–Trinajstić information content (AvgIpc) is 2.73. The van der Waals surface area contributed by atoms with Gasteiger partial charge in [0.25, 0.3) is 0 Å². The van der Waals surface area contributed by atoms with E-state index in [-0.39, 0.29) is 0 Å². The van der Waals surface area contributed by atoms with Crippen LogP contribution in [0.15, 0.2) is 30.3 Å². The lowest BCUT2D eigenvalue weighted by molar-refractivity contribution is 0.424. The van der Waals surface area contributed by atoms with Gasteiger partial charge in [0, 0.05) is 26.7 Å². The van der Waals surface area contributed by atoms with Gasteiger partial charge in [-0.2, -0.15) is 5.10 Å². The lowest BCUT2D eigenvalue weighted by atomic mass is 10.2. The number of aryl methyl sites for hydroxylation is 2. The summed E-state index contributed by atoms with van der Waals surface area (Å²) < 4.78 is 32.1. The molecule has 0 radical (unpaired) electrons. The van der Waals surface area contributed by atoms with Crippen LogP contribution in [0, 0.1) is 6.92 Å². The Bertz CT molecular complexity index is 742. The van der Waals surface area contributed by atoms with Gasteiger partial charge in [-0.25, -0.2) is 17.8 Å². The summed E-state index contributed by atoms with van der Waals surface area (Å²) in [5.41, 5.74) is 1.83. The largest absolute Gasteiger partial charge is 0.439 e. The van der Waals surface area contributed by atoms with Crippen LogP contribution in [0.5, 0.6) is 11.6 Å². The van der Waals surface area contributed by atoms with E-state index in [1.807, 2.05) is 44.3 Å². The zero-order valence-electron chi connectivity index (χ0n) is 13.5. The van der Waals surface area contributed by atoms with Crippen LogP contribution in [0.3, 0.4) is 0 Å². The first kappa shape index (κ1) is 17.5. The molecule has 2 N–H and O–H groups in total. The number of aromatic nitrogens is 2. The van der Waals surface area contributed by atoms with Crippen LogP contribution in [0.25, 0.3) is 0 Å². The molecule has 0 amide bonds. The zero-order valence-corrected chi connectivity index (χ0v) is 14.4. The predicted molar refractivity (Wildman–Crippen MR) is 89.0 cm³/mol. The zero-order chi connectivity index (χ0) is 16.9. The summed E-state index contributed by atoms with van der Waals surface area (Å²) in [4.78, 5) is 0. The Hall–Kier alpha value is -1.90. The summed E-state index contributed by atoms with van der Waals surface area (Å²) in [6, 6.07) is 9.52. The van der Waals surface area contributed by atoms with E-state index in [1.54, 1.807) is 4.68 Å². The number of hydrogen-bond donors (Lipinski definition) is 2. The Morgan fingerprint density at radius 2 is 1.91 bits per heavy atom. The summed E-state index contributed by atoms with van der Waals surface area (Å²) in [6.45, 7) is 3.33. The minimum atomic E-state index is -3.15. The van der Waals surface area contributed by atoms with Gasteiger partial charge in [-0.05, 0) is 19.1 Å². The van der Waals surface area contributed by atoms with Gasteiger partial charge in [0.15, 0.2) is 0 Å². The van der Waals surface area contributed by atoms with Crippen molar-refractivity contribution >= 4 is 10.0 Å². The maximum absolute atomic E-state index is 11.0. The predicted octanol–water partition coefficient (Wildman–Crippen LogP) is 1.16. The molecular formula is C15H22N4O3S. The van der Waals surface area contributed by atoms with Gasteiger partial charge < -0.3 is 10.1 Å². The molecule has 0 aliphatic carbocycles. The third-order valence-corrected chi connectivity index (χ3v) is 3.94. The molecule has 2 aromatic rings. The minimum Gasteiger partial charge on any atom is -0.439 e. The van der Waals surface area contributed by atoms with E-state index < -0.39 is 10.0 Å². The van der Waals surface area contributed by atoms with E-state index in [9.17, 15) is 8.42 Å². The summed E-state index contributed by atoms with van der Waals surface area (Å²) in [6.07, 6.45) is 1.14. The van der Waals surface area contributed by atoms with Crippen LogP contribution in [-0.2, 0) is 23.6 Å². The van der Waals surface area contributed by atoms with Crippen LogP contribution < -0.4 is 14.8 Å². The van der Waals surface area contributed by atoms with Gasteiger partial charge in [-0.15, -0.1) is 0 Å². The average molecular weight is 338 g/mol. The summed E-state index contributed by atoms with van der Waals surface area (Å²) in [7, 11) is -1.32. The molecule has 0 spiro atoms. The molecular weight excluding hydrogens is 316 g/mol. The molecule has 0 fully saturated rings. The Balaban J connectivity index is 1.98. The second kappa shape index (κ2) is 7.58. The molecule has 0 saturated carbocycles. The van der Waals surface area contributed by atoms with E-state index in [2.05, 4.69) is 15.1 Å². The normalized spacial score (nSPS) is 11.6. The van der Waals surface area contributed by atoms with Crippen LogP contribution in [0.4, 0.5) is 0 Å². The quantitative estimate of drug-likeness (QED) is 0.706. The van der Waals surface area contributed by atoms with Crippen molar-refractivity contribution in [1.82, 2.24) is 19.8 Å². The van der Waals surface area contributed by atoms with Crippen molar-refractivity contribution < 1.29 is 13.2 Å². The van der Waals surface area contributed by atoms with Crippen molar-refractivity contribution in [3.63, 3.8) is 0 Å². The number of hydrogen-bond acceptors (Lipinski definition) is 5. The van der Waals surface area contributed by atoms with E-state index in [0.717, 1.165) is 23.3 Å². The molecule has 0 unspecified atom stereocenters. The highest BCUT2D eigenvalue weighted by molar-refractivity contribution is 7.88. The van der Waals surface area contributed by atoms with Crippen molar-refractivity contribution in [3.8, 4) is 11.6 Å². The lowest BCUT2D eigenvalue weighted by Crippen LogP contribution is -2.30. The maximum Gasteiger partial charge on any atom is 0.222 e. The van der Waals surface area contributed by atoms with Gasteiger partial charge in [-0.1, -0.05) is 18.2 Å². The first-order chi connectivity index (χ1) is 10.9. The van der Waals surface area contributed by atoms with Crippen molar-refractivity contribution in [1.29, 1.82) is 0 Å². The van der Waals surface area contributed by atoms with Crippen molar-refractivity contribution in [2.24, 2.45) is 7.05 Å². The SMILES string of the molecule is Cc1nn(C)c(Oc2ccccc2)c1CNCCNS(C)(=O)=O. The highest BCUT2D eigenvalue weighted by Crippen LogP contribution is 2.26. The summed E-state index contributed by atoms with van der Waals surface area (Å²) in [5.74, 6) is 1.42. The topological polar surface area (TPSA) is 85.2 Å². The Morgan fingerprint density at radius 1 is 1.22 bits per heavy atom. The smallest absolute Gasteiger partial charge is 0.222 e. The highest BCUT2D eigenvalue weighted by atomic mass is 32.2. The molecule has 0 aliphatic heterocycles. The molecule has 0 bridgehead atoms. The number of ether oxygens (including phenoxy) is 1. The number of rotatable bonds is 8. The van der Waals surface area contributed by atoms with Gasteiger partial charge in [0.05, 0.1) is 17.5 Å². The Kier molecular flexibility index (Phi) is 5.75. The van der Waals surface area contributed by atoms with E-state index in [0.29, 0.717) is 25.5 Å². The molecule has 1 aromatic heterocycles. The molecule has 8 heteroatoms. The molecule has 0 saturated heterocycles. The molecule has 23 heavy (non-hydrogen) atoms.